The molecule has 31 heavy (non-hydrogen) atoms. The molecule has 0 aliphatic heterocycles. The summed E-state index contributed by atoms with van der Waals surface area (Å²) in [5, 5.41) is 4.62. The molecule has 1 N–H and O–H groups in total. The van der Waals surface area contributed by atoms with Crippen molar-refractivity contribution in [3.05, 3.63) is 85.1 Å². The maximum absolute atomic E-state index is 5.92. The lowest BCUT2D eigenvalue weighted by molar-refractivity contribution is 0.873. The average molecular weight is 468 g/mol. The molecule has 4 rings (SSSR count). The van der Waals surface area contributed by atoms with E-state index in [4.69, 9.17) is 23.2 Å². The van der Waals surface area contributed by atoms with Gasteiger partial charge in [-0.2, -0.15) is 0 Å². The Hall–Kier alpha value is -2.40. The molecule has 3 nitrogen and oxygen atoms in total. The third-order valence-corrected chi connectivity index (χ3v) is 6.28. The van der Waals surface area contributed by atoms with E-state index >= 15 is 0 Å². The number of anilines is 3. The van der Waals surface area contributed by atoms with Crippen molar-refractivity contribution >= 4 is 62.9 Å². The summed E-state index contributed by atoms with van der Waals surface area (Å²) in [5.41, 5.74) is 4.24. The highest BCUT2D eigenvalue weighted by molar-refractivity contribution is 7.99. The molecule has 0 saturated carbocycles. The van der Waals surface area contributed by atoms with Gasteiger partial charge >= 0.3 is 0 Å². The highest BCUT2D eigenvalue weighted by Gasteiger charge is 2.06. The van der Waals surface area contributed by atoms with Crippen LogP contribution in [0.2, 0.25) is 0 Å². The Bertz CT molecular complexity index is 1110. The zero-order chi connectivity index (χ0) is 21.5. The molecule has 0 atom stereocenters. The first kappa shape index (κ1) is 21.8. The number of halogens is 2. The fraction of sp³-hybridized carbons (Fsp3) is 0.160. The van der Waals surface area contributed by atoms with Crippen LogP contribution in [-0.2, 0) is 0 Å². The molecule has 158 valence electrons. The van der Waals surface area contributed by atoms with Crippen molar-refractivity contribution in [1.29, 1.82) is 0 Å². The monoisotopic (exact) mass is 467 g/mol. The topological polar surface area (TPSA) is 28.2 Å². The first-order valence-corrected chi connectivity index (χ1v) is 12.0. The zero-order valence-electron chi connectivity index (χ0n) is 17.0. The Kier molecular flexibility index (Phi) is 7.57. The van der Waals surface area contributed by atoms with Crippen LogP contribution in [0.3, 0.4) is 0 Å². The van der Waals surface area contributed by atoms with Gasteiger partial charge in [0.1, 0.15) is 0 Å². The van der Waals surface area contributed by atoms with E-state index in [9.17, 15) is 0 Å². The summed E-state index contributed by atoms with van der Waals surface area (Å²) in [4.78, 5) is 9.02. The fourth-order valence-electron chi connectivity index (χ4n) is 3.40. The van der Waals surface area contributed by atoms with Crippen molar-refractivity contribution < 1.29 is 0 Å². The molecule has 0 aliphatic rings. The molecule has 0 amide bonds. The summed E-state index contributed by atoms with van der Waals surface area (Å²) >= 11 is 13.6. The predicted octanol–water partition coefficient (Wildman–Crippen LogP) is 7.41. The summed E-state index contributed by atoms with van der Waals surface area (Å²) in [6.45, 7) is 1.59. The van der Waals surface area contributed by atoms with Gasteiger partial charge in [-0.1, -0.05) is 30.0 Å². The average Bonchev–Trinajstić information content (AvgIpc) is 2.81. The van der Waals surface area contributed by atoms with Crippen LogP contribution in [0.4, 0.5) is 17.1 Å². The van der Waals surface area contributed by atoms with Gasteiger partial charge in [-0.3, -0.25) is 4.98 Å². The fourth-order valence-corrected chi connectivity index (χ4v) is 4.63. The minimum absolute atomic E-state index is 0.586. The number of fused-ring (bicyclic) bond motifs is 1. The quantitative estimate of drug-likeness (QED) is 0.259. The highest BCUT2D eigenvalue weighted by Crippen LogP contribution is 2.31. The predicted molar refractivity (Wildman–Crippen MR) is 136 cm³/mol. The van der Waals surface area contributed by atoms with Crippen LogP contribution in [0.1, 0.15) is 0 Å². The van der Waals surface area contributed by atoms with E-state index in [1.807, 2.05) is 30.5 Å². The van der Waals surface area contributed by atoms with Crippen LogP contribution in [0.25, 0.3) is 10.9 Å². The maximum Gasteiger partial charge on any atom is 0.0722 e. The van der Waals surface area contributed by atoms with Crippen molar-refractivity contribution in [2.75, 3.05) is 35.1 Å². The van der Waals surface area contributed by atoms with Gasteiger partial charge in [0.2, 0.25) is 0 Å². The highest BCUT2D eigenvalue weighted by atomic mass is 35.5. The summed E-state index contributed by atoms with van der Waals surface area (Å²) < 4.78 is 0. The number of para-hydroxylation sites is 1. The minimum Gasteiger partial charge on any atom is -0.369 e. The molecule has 0 radical (unpaired) electrons. The standard InChI is InChI=1S/C25H23Cl2N3S/c26-14-17-30(18-15-27)20-7-11-22(12-8-20)31-21-9-5-19(6-10-21)29-25-13-16-28-24-4-2-1-3-23(24)25/h1-13,16H,14-15,17-18H2,(H,28,29). The van der Waals surface area contributed by atoms with Gasteiger partial charge in [0, 0.05) is 63.3 Å². The molecule has 0 unspecified atom stereocenters. The number of nitrogens with one attached hydrogen (secondary N) is 1. The van der Waals surface area contributed by atoms with Crippen LogP contribution >= 0.6 is 35.0 Å². The largest absolute Gasteiger partial charge is 0.369 e. The lowest BCUT2D eigenvalue weighted by Crippen LogP contribution is -2.27. The maximum atomic E-state index is 5.92. The molecule has 1 aromatic heterocycles. The number of pyridine rings is 1. The normalized spacial score (nSPS) is 10.9. The zero-order valence-corrected chi connectivity index (χ0v) is 19.3. The van der Waals surface area contributed by atoms with Crippen LogP contribution in [0, 0.1) is 0 Å². The Morgan fingerprint density at radius 3 is 2.10 bits per heavy atom. The van der Waals surface area contributed by atoms with E-state index in [2.05, 4.69) is 69.8 Å². The number of aromatic nitrogens is 1. The number of hydrogen-bond donors (Lipinski definition) is 1. The molecule has 0 spiro atoms. The van der Waals surface area contributed by atoms with Gasteiger partial charge in [-0.25, -0.2) is 0 Å². The number of hydrogen-bond acceptors (Lipinski definition) is 4. The van der Waals surface area contributed by atoms with Crippen molar-refractivity contribution in [3.63, 3.8) is 0 Å². The van der Waals surface area contributed by atoms with Gasteiger partial charge in [0.25, 0.3) is 0 Å². The molecular formula is C25H23Cl2N3S. The molecule has 0 fully saturated rings. The third kappa shape index (κ3) is 5.65. The smallest absolute Gasteiger partial charge is 0.0722 e. The first-order valence-electron chi connectivity index (χ1n) is 10.1. The minimum atomic E-state index is 0.586. The van der Waals surface area contributed by atoms with Crippen LogP contribution in [-0.4, -0.2) is 29.8 Å². The summed E-state index contributed by atoms with van der Waals surface area (Å²) in [6, 6.07) is 27.2. The molecule has 6 heteroatoms. The number of nitrogens with zero attached hydrogens (tertiary/aromatic N) is 2. The molecule has 0 aliphatic carbocycles. The number of benzene rings is 3. The van der Waals surface area contributed by atoms with Crippen molar-refractivity contribution in [3.8, 4) is 0 Å². The molecular weight excluding hydrogens is 445 g/mol. The van der Waals surface area contributed by atoms with E-state index in [1.165, 1.54) is 9.79 Å². The van der Waals surface area contributed by atoms with E-state index in [0.29, 0.717) is 11.8 Å². The van der Waals surface area contributed by atoms with Gasteiger partial charge in [0.15, 0.2) is 0 Å². The van der Waals surface area contributed by atoms with Crippen molar-refractivity contribution in [2.45, 2.75) is 9.79 Å². The second-order valence-corrected chi connectivity index (χ2v) is 8.89. The second kappa shape index (κ2) is 10.8. The van der Waals surface area contributed by atoms with Crippen molar-refractivity contribution in [2.24, 2.45) is 0 Å². The molecule has 3 aromatic carbocycles. The number of rotatable bonds is 9. The number of alkyl halides is 2. The van der Waals surface area contributed by atoms with Gasteiger partial charge in [-0.05, 0) is 60.7 Å². The molecule has 0 bridgehead atoms. The van der Waals surface area contributed by atoms with Crippen LogP contribution in [0.5, 0.6) is 0 Å². The Morgan fingerprint density at radius 1 is 0.774 bits per heavy atom. The summed E-state index contributed by atoms with van der Waals surface area (Å²) in [5.74, 6) is 1.17. The lowest BCUT2D eigenvalue weighted by atomic mass is 10.2. The van der Waals surface area contributed by atoms with E-state index in [1.54, 1.807) is 11.8 Å². The van der Waals surface area contributed by atoms with Gasteiger partial charge in [-0.15, -0.1) is 23.2 Å². The molecule has 4 aromatic rings. The van der Waals surface area contributed by atoms with Crippen LogP contribution < -0.4 is 10.2 Å². The Balaban J connectivity index is 1.42. The lowest BCUT2D eigenvalue weighted by Gasteiger charge is -2.23. The summed E-state index contributed by atoms with van der Waals surface area (Å²) in [7, 11) is 0. The SMILES string of the molecule is ClCCN(CCCl)c1ccc(Sc2ccc(Nc3ccnc4ccccc34)cc2)cc1. The van der Waals surface area contributed by atoms with Crippen LogP contribution in [0.15, 0.2) is 94.9 Å². The van der Waals surface area contributed by atoms with E-state index < -0.39 is 0 Å². The third-order valence-electron chi connectivity index (χ3n) is 4.93. The second-order valence-electron chi connectivity index (χ2n) is 6.99. The Morgan fingerprint density at radius 2 is 1.42 bits per heavy atom. The molecule has 0 saturated heterocycles. The first-order chi connectivity index (χ1) is 15.3. The van der Waals surface area contributed by atoms with E-state index in [0.717, 1.165) is 41.1 Å². The molecule has 1 heterocycles. The summed E-state index contributed by atoms with van der Waals surface area (Å²) in [6.07, 6.45) is 1.83. The van der Waals surface area contributed by atoms with Gasteiger partial charge < -0.3 is 10.2 Å². The Labute approximate surface area is 197 Å². The van der Waals surface area contributed by atoms with Crippen molar-refractivity contribution in [1.82, 2.24) is 4.98 Å². The van der Waals surface area contributed by atoms with Gasteiger partial charge in [0.05, 0.1) is 5.52 Å². The van der Waals surface area contributed by atoms with E-state index in [-0.39, 0.29) is 0 Å².